The van der Waals surface area contributed by atoms with Crippen molar-refractivity contribution < 1.29 is 9.53 Å². The zero-order chi connectivity index (χ0) is 15.3. The smallest absolute Gasteiger partial charge is 0.407 e. The third kappa shape index (κ3) is 6.01. The summed E-state index contributed by atoms with van der Waals surface area (Å²) in [5.41, 5.74) is 1.42. The molecule has 0 unspecified atom stereocenters. The predicted octanol–water partition coefficient (Wildman–Crippen LogP) is 4.35. The van der Waals surface area contributed by atoms with Crippen LogP contribution in [0.3, 0.4) is 0 Å². The molecule has 6 heteroatoms. The zero-order valence-electron chi connectivity index (χ0n) is 12.1. The second-order valence-electron chi connectivity index (χ2n) is 5.44. The highest BCUT2D eigenvalue weighted by atomic mass is 79.9. The van der Waals surface area contributed by atoms with Gasteiger partial charge in [-0.1, -0.05) is 11.6 Å². The van der Waals surface area contributed by atoms with E-state index >= 15 is 0 Å². The summed E-state index contributed by atoms with van der Waals surface area (Å²) in [7, 11) is 0. The molecule has 0 radical (unpaired) electrons. The van der Waals surface area contributed by atoms with Gasteiger partial charge in [-0.2, -0.15) is 0 Å². The Balaban J connectivity index is 2.38. The molecular weight excluding hydrogens is 344 g/mol. The molecule has 4 nitrogen and oxygen atoms in total. The molecule has 0 aliphatic heterocycles. The maximum Gasteiger partial charge on any atom is 0.407 e. The highest BCUT2D eigenvalue weighted by Gasteiger charge is 2.15. The SMILES string of the molecule is Cc1cc(Br)c(NCCNC(=O)OC(C)(C)C)cc1Cl. The largest absolute Gasteiger partial charge is 0.444 e. The van der Waals surface area contributed by atoms with E-state index in [1.54, 1.807) is 0 Å². The van der Waals surface area contributed by atoms with Gasteiger partial charge in [0.25, 0.3) is 0 Å². The molecule has 1 amide bonds. The van der Waals surface area contributed by atoms with Crippen LogP contribution in [-0.4, -0.2) is 24.8 Å². The molecule has 0 atom stereocenters. The van der Waals surface area contributed by atoms with Crippen LogP contribution >= 0.6 is 27.5 Å². The summed E-state index contributed by atoms with van der Waals surface area (Å²) in [6, 6.07) is 3.81. The number of aryl methyl sites for hydroxylation is 1. The van der Waals surface area contributed by atoms with Gasteiger partial charge in [0, 0.05) is 28.3 Å². The van der Waals surface area contributed by atoms with Gasteiger partial charge in [-0.05, 0) is 61.3 Å². The van der Waals surface area contributed by atoms with Crippen LogP contribution in [0.1, 0.15) is 26.3 Å². The Morgan fingerprint density at radius 1 is 1.35 bits per heavy atom. The Bertz CT molecular complexity index is 487. The molecule has 0 bridgehead atoms. The average molecular weight is 364 g/mol. The lowest BCUT2D eigenvalue weighted by Crippen LogP contribution is -2.35. The maximum atomic E-state index is 11.4. The molecule has 1 rings (SSSR count). The van der Waals surface area contributed by atoms with Crippen molar-refractivity contribution in [3.05, 3.63) is 27.2 Å². The van der Waals surface area contributed by atoms with Crippen molar-refractivity contribution in [1.29, 1.82) is 0 Å². The molecule has 0 saturated heterocycles. The number of anilines is 1. The van der Waals surface area contributed by atoms with Crippen LogP contribution in [0.2, 0.25) is 5.02 Å². The van der Waals surface area contributed by atoms with Gasteiger partial charge < -0.3 is 15.4 Å². The van der Waals surface area contributed by atoms with Gasteiger partial charge in [-0.15, -0.1) is 0 Å². The summed E-state index contributed by atoms with van der Waals surface area (Å²) >= 11 is 9.54. The molecule has 0 fully saturated rings. The van der Waals surface area contributed by atoms with Crippen molar-refractivity contribution in [1.82, 2.24) is 5.32 Å². The van der Waals surface area contributed by atoms with Crippen LogP contribution in [0, 0.1) is 6.92 Å². The van der Waals surface area contributed by atoms with Crippen LogP contribution in [0.4, 0.5) is 10.5 Å². The molecule has 0 heterocycles. The lowest BCUT2D eigenvalue weighted by molar-refractivity contribution is 0.0530. The number of alkyl carbamates (subject to hydrolysis) is 1. The Kier molecular flexibility index (Phi) is 6.14. The topological polar surface area (TPSA) is 50.4 Å². The number of nitrogens with one attached hydrogen (secondary N) is 2. The van der Waals surface area contributed by atoms with Crippen molar-refractivity contribution in [3.63, 3.8) is 0 Å². The molecule has 0 aromatic heterocycles. The Morgan fingerprint density at radius 3 is 2.60 bits per heavy atom. The second-order valence-corrected chi connectivity index (χ2v) is 6.70. The van der Waals surface area contributed by atoms with Gasteiger partial charge in [-0.25, -0.2) is 4.79 Å². The highest BCUT2D eigenvalue weighted by Crippen LogP contribution is 2.28. The number of rotatable bonds is 4. The first-order valence-corrected chi connectivity index (χ1v) is 7.52. The molecule has 20 heavy (non-hydrogen) atoms. The summed E-state index contributed by atoms with van der Waals surface area (Å²) in [6.45, 7) is 8.48. The van der Waals surface area contributed by atoms with E-state index in [9.17, 15) is 4.79 Å². The highest BCUT2D eigenvalue weighted by molar-refractivity contribution is 9.10. The molecule has 2 N–H and O–H groups in total. The van der Waals surface area contributed by atoms with Crippen LogP contribution < -0.4 is 10.6 Å². The van der Waals surface area contributed by atoms with Gasteiger partial charge in [-0.3, -0.25) is 0 Å². The van der Waals surface area contributed by atoms with E-state index in [4.69, 9.17) is 16.3 Å². The Hall–Kier alpha value is -0.940. The fourth-order valence-corrected chi connectivity index (χ4v) is 2.22. The summed E-state index contributed by atoms with van der Waals surface area (Å²) in [6.07, 6.45) is -0.416. The molecule has 1 aromatic rings. The molecule has 0 aliphatic carbocycles. The van der Waals surface area contributed by atoms with Crippen molar-refractivity contribution >= 4 is 39.3 Å². The van der Waals surface area contributed by atoms with Crippen LogP contribution in [0.5, 0.6) is 0 Å². The number of benzene rings is 1. The minimum atomic E-state index is -0.481. The van der Waals surface area contributed by atoms with E-state index in [0.717, 1.165) is 15.7 Å². The normalized spacial score (nSPS) is 11.1. The van der Waals surface area contributed by atoms with E-state index in [0.29, 0.717) is 18.1 Å². The molecule has 0 saturated carbocycles. The minimum absolute atomic E-state index is 0.416. The standard InChI is InChI=1S/C14H20BrClN2O2/c1-9-7-10(15)12(8-11(9)16)17-5-6-18-13(19)20-14(2,3)4/h7-8,17H,5-6H2,1-4H3,(H,18,19). The van der Waals surface area contributed by atoms with Crippen LogP contribution in [0.25, 0.3) is 0 Å². The maximum absolute atomic E-state index is 11.4. The number of carbonyl (C=O) groups excluding carboxylic acids is 1. The van der Waals surface area contributed by atoms with E-state index < -0.39 is 11.7 Å². The second kappa shape index (κ2) is 7.18. The van der Waals surface area contributed by atoms with Gasteiger partial charge in [0.2, 0.25) is 0 Å². The summed E-state index contributed by atoms with van der Waals surface area (Å²) in [4.78, 5) is 11.4. The van der Waals surface area contributed by atoms with Crippen LogP contribution in [-0.2, 0) is 4.74 Å². The zero-order valence-corrected chi connectivity index (χ0v) is 14.5. The van der Waals surface area contributed by atoms with Crippen molar-refractivity contribution in [2.45, 2.75) is 33.3 Å². The monoisotopic (exact) mass is 362 g/mol. The number of halogens is 2. The number of hydrogen-bond donors (Lipinski definition) is 2. The Labute approximate surface area is 133 Å². The quantitative estimate of drug-likeness (QED) is 0.782. The lowest BCUT2D eigenvalue weighted by atomic mass is 10.2. The fraction of sp³-hybridized carbons (Fsp3) is 0.500. The number of hydrogen-bond acceptors (Lipinski definition) is 3. The summed E-state index contributed by atoms with van der Waals surface area (Å²) in [5.74, 6) is 0. The third-order valence-corrected chi connectivity index (χ3v) is 3.42. The molecular formula is C14H20BrClN2O2. The number of carbonyl (C=O) groups is 1. The van der Waals surface area contributed by atoms with E-state index in [-0.39, 0.29) is 0 Å². The van der Waals surface area contributed by atoms with Crippen molar-refractivity contribution in [2.24, 2.45) is 0 Å². The molecule has 1 aromatic carbocycles. The van der Waals surface area contributed by atoms with Crippen LogP contribution in [0.15, 0.2) is 16.6 Å². The van der Waals surface area contributed by atoms with Crippen molar-refractivity contribution in [3.8, 4) is 0 Å². The third-order valence-electron chi connectivity index (χ3n) is 2.36. The Morgan fingerprint density at radius 2 is 2.00 bits per heavy atom. The fourth-order valence-electron chi connectivity index (χ4n) is 1.46. The average Bonchev–Trinajstić information content (AvgIpc) is 2.28. The number of ether oxygens (including phenoxy) is 1. The molecule has 0 aliphatic rings. The van der Waals surface area contributed by atoms with Gasteiger partial charge in [0.1, 0.15) is 5.60 Å². The van der Waals surface area contributed by atoms with E-state index in [2.05, 4.69) is 26.6 Å². The van der Waals surface area contributed by atoms with E-state index in [1.165, 1.54) is 0 Å². The molecule has 0 spiro atoms. The summed E-state index contributed by atoms with van der Waals surface area (Å²) < 4.78 is 6.08. The van der Waals surface area contributed by atoms with E-state index in [1.807, 2.05) is 39.8 Å². The van der Waals surface area contributed by atoms with Gasteiger partial charge in [0.05, 0.1) is 0 Å². The number of amides is 1. The first-order chi connectivity index (χ1) is 9.19. The summed E-state index contributed by atoms with van der Waals surface area (Å²) in [5, 5.41) is 6.58. The first kappa shape index (κ1) is 17.1. The van der Waals surface area contributed by atoms with Gasteiger partial charge in [0.15, 0.2) is 0 Å². The minimum Gasteiger partial charge on any atom is -0.444 e. The first-order valence-electron chi connectivity index (χ1n) is 6.35. The van der Waals surface area contributed by atoms with Crippen molar-refractivity contribution in [2.75, 3.05) is 18.4 Å². The molecule has 112 valence electrons. The van der Waals surface area contributed by atoms with Gasteiger partial charge >= 0.3 is 6.09 Å². The lowest BCUT2D eigenvalue weighted by Gasteiger charge is -2.19. The predicted molar refractivity (Wildman–Crippen MR) is 86.6 cm³/mol.